The first-order valence-electron chi connectivity index (χ1n) is 7.21. The third-order valence-corrected chi connectivity index (χ3v) is 4.38. The zero-order valence-electron chi connectivity index (χ0n) is 12.1. The minimum absolute atomic E-state index is 0.277. The van der Waals surface area contributed by atoms with Gasteiger partial charge in [0.05, 0.1) is 11.0 Å². The summed E-state index contributed by atoms with van der Waals surface area (Å²) in [6, 6.07) is 8.36. The van der Waals surface area contributed by atoms with Gasteiger partial charge in [0.1, 0.15) is 5.82 Å². The Morgan fingerprint density at radius 2 is 2.00 bits per heavy atom. The minimum atomic E-state index is 0.277. The Morgan fingerprint density at radius 3 is 2.68 bits per heavy atom. The molecular weight excluding hydrogens is 256 g/mol. The van der Waals surface area contributed by atoms with E-state index in [0.717, 1.165) is 31.3 Å². The molecule has 0 N–H and O–H groups in total. The first-order valence-corrected chi connectivity index (χ1v) is 7.65. The van der Waals surface area contributed by atoms with E-state index in [1.165, 1.54) is 11.3 Å². The summed E-state index contributed by atoms with van der Waals surface area (Å²) in [5, 5.41) is 0.277. The third-order valence-electron chi connectivity index (χ3n) is 3.65. The Labute approximate surface area is 120 Å². The van der Waals surface area contributed by atoms with Gasteiger partial charge in [0.15, 0.2) is 0 Å². The number of fused-ring (bicyclic) bond motifs is 1. The van der Waals surface area contributed by atoms with Crippen molar-refractivity contribution in [3.05, 3.63) is 30.1 Å². The first kappa shape index (κ1) is 14.4. The van der Waals surface area contributed by atoms with Gasteiger partial charge in [0.25, 0.3) is 0 Å². The van der Waals surface area contributed by atoms with Crippen LogP contribution in [0.5, 0.6) is 0 Å². The summed E-state index contributed by atoms with van der Waals surface area (Å²) in [4.78, 5) is 4.75. The molecule has 0 saturated heterocycles. The fraction of sp³-hybridized carbons (Fsp3) is 0.562. The Kier molecular flexibility index (Phi) is 4.87. The minimum Gasteiger partial charge on any atom is -0.328 e. The highest BCUT2D eigenvalue weighted by molar-refractivity contribution is 6.20. The molecule has 0 radical (unpaired) electrons. The predicted molar refractivity (Wildman–Crippen MR) is 82.8 cm³/mol. The van der Waals surface area contributed by atoms with E-state index in [2.05, 4.69) is 43.5 Å². The van der Waals surface area contributed by atoms with Crippen molar-refractivity contribution in [2.45, 2.75) is 52.0 Å². The molecule has 2 rings (SSSR count). The van der Waals surface area contributed by atoms with Crippen LogP contribution >= 0.6 is 11.6 Å². The lowest BCUT2D eigenvalue weighted by atomic mass is 10.0. The summed E-state index contributed by atoms with van der Waals surface area (Å²) in [5.41, 5.74) is 2.34. The Balaban J connectivity index is 2.08. The number of rotatable bonds is 6. The van der Waals surface area contributed by atoms with E-state index in [1.54, 1.807) is 0 Å². The molecule has 2 aromatic rings. The van der Waals surface area contributed by atoms with Crippen molar-refractivity contribution in [2.24, 2.45) is 5.92 Å². The highest BCUT2D eigenvalue weighted by atomic mass is 35.5. The van der Waals surface area contributed by atoms with E-state index in [9.17, 15) is 0 Å². The lowest BCUT2D eigenvalue weighted by Crippen LogP contribution is -2.09. The molecule has 0 aliphatic rings. The fourth-order valence-corrected chi connectivity index (χ4v) is 2.61. The quantitative estimate of drug-likeness (QED) is 0.704. The van der Waals surface area contributed by atoms with Crippen molar-refractivity contribution in [1.29, 1.82) is 0 Å². The molecule has 0 bridgehead atoms. The summed E-state index contributed by atoms with van der Waals surface area (Å²) in [6.07, 6.45) is 3.18. The maximum absolute atomic E-state index is 6.31. The standard InChI is InChI=1S/C16H23ClN2/c1-4-19-15-10-6-5-9-14(15)18-16(19)11-7-8-13(17)12(2)3/h5-6,9-10,12-13H,4,7-8,11H2,1-3H3. The largest absolute Gasteiger partial charge is 0.328 e. The highest BCUT2D eigenvalue weighted by Gasteiger charge is 2.12. The summed E-state index contributed by atoms with van der Waals surface area (Å²) < 4.78 is 2.31. The summed E-state index contributed by atoms with van der Waals surface area (Å²) in [7, 11) is 0. The molecule has 1 aromatic carbocycles. The predicted octanol–water partition coefficient (Wildman–Crippen LogP) is 4.64. The van der Waals surface area contributed by atoms with Gasteiger partial charge in [-0.25, -0.2) is 4.98 Å². The smallest absolute Gasteiger partial charge is 0.109 e. The van der Waals surface area contributed by atoms with Gasteiger partial charge in [-0.2, -0.15) is 0 Å². The molecule has 1 atom stereocenters. The Hall–Kier alpha value is -1.02. The number of hydrogen-bond acceptors (Lipinski definition) is 1. The van der Waals surface area contributed by atoms with Crippen molar-refractivity contribution < 1.29 is 0 Å². The molecule has 3 heteroatoms. The molecule has 1 aromatic heterocycles. The van der Waals surface area contributed by atoms with Crippen molar-refractivity contribution in [2.75, 3.05) is 0 Å². The monoisotopic (exact) mass is 278 g/mol. The maximum Gasteiger partial charge on any atom is 0.109 e. The molecule has 0 spiro atoms. The number of aryl methyl sites for hydroxylation is 2. The number of halogens is 1. The van der Waals surface area contributed by atoms with Gasteiger partial charge in [-0.3, -0.25) is 0 Å². The highest BCUT2D eigenvalue weighted by Crippen LogP contribution is 2.20. The van der Waals surface area contributed by atoms with Gasteiger partial charge in [-0.05, 0) is 37.8 Å². The number of benzene rings is 1. The zero-order valence-corrected chi connectivity index (χ0v) is 12.8. The Morgan fingerprint density at radius 1 is 1.26 bits per heavy atom. The van der Waals surface area contributed by atoms with E-state index in [1.807, 2.05) is 6.07 Å². The Bertz CT molecular complexity index is 531. The van der Waals surface area contributed by atoms with E-state index in [-0.39, 0.29) is 5.38 Å². The number of nitrogens with zero attached hydrogens (tertiary/aromatic N) is 2. The van der Waals surface area contributed by atoms with E-state index in [0.29, 0.717) is 5.92 Å². The zero-order chi connectivity index (χ0) is 13.8. The van der Waals surface area contributed by atoms with Crippen molar-refractivity contribution in [3.8, 4) is 0 Å². The van der Waals surface area contributed by atoms with Crippen LogP contribution in [0.25, 0.3) is 11.0 Å². The van der Waals surface area contributed by atoms with E-state index >= 15 is 0 Å². The second kappa shape index (κ2) is 6.42. The van der Waals surface area contributed by atoms with Crippen LogP contribution < -0.4 is 0 Å². The van der Waals surface area contributed by atoms with Crippen LogP contribution in [-0.4, -0.2) is 14.9 Å². The molecule has 0 saturated carbocycles. The molecule has 0 amide bonds. The van der Waals surface area contributed by atoms with Crippen LogP contribution in [0, 0.1) is 5.92 Å². The second-order valence-corrected chi connectivity index (χ2v) is 5.97. The van der Waals surface area contributed by atoms with Gasteiger partial charge in [-0.15, -0.1) is 11.6 Å². The van der Waals surface area contributed by atoms with E-state index in [4.69, 9.17) is 16.6 Å². The van der Waals surface area contributed by atoms with Gasteiger partial charge < -0.3 is 4.57 Å². The fourth-order valence-electron chi connectivity index (χ4n) is 2.46. The first-order chi connectivity index (χ1) is 9.13. The second-order valence-electron chi connectivity index (χ2n) is 5.41. The number of aromatic nitrogens is 2. The van der Waals surface area contributed by atoms with Crippen molar-refractivity contribution in [3.63, 3.8) is 0 Å². The van der Waals surface area contributed by atoms with Gasteiger partial charge in [0.2, 0.25) is 0 Å². The number of hydrogen-bond donors (Lipinski definition) is 0. The number of para-hydroxylation sites is 2. The molecule has 1 unspecified atom stereocenters. The lowest BCUT2D eigenvalue weighted by molar-refractivity contribution is 0.539. The third kappa shape index (κ3) is 3.30. The van der Waals surface area contributed by atoms with Crippen LogP contribution in [-0.2, 0) is 13.0 Å². The van der Waals surface area contributed by atoms with Crippen LogP contribution in [0.1, 0.15) is 39.4 Å². The SMILES string of the molecule is CCn1c(CCCC(Cl)C(C)C)nc2ccccc21. The molecule has 104 valence electrons. The summed E-state index contributed by atoms with van der Waals surface area (Å²) >= 11 is 6.31. The molecular formula is C16H23ClN2. The molecule has 0 aliphatic heterocycles. The maximum atomic E-state index is 6.31. The van der Waals surface area contributed by atoms with Crippen LogP contribution in [0.2, 0.25) is 0 Å². The molecule has 1 heterocycles. The molecule has 19 heavy (non-hydrogen) atoms. The summed E-state index contributed by atoms with van der Waals surface area (Å²) in [6.45, 7) is 7.51. The van der Waals surface area contributed by atoms with Gasteiger partial charge in [-0.1, -0.05) is 26.0 Å². The van der Waals surface area contributed by atoms with E-state index < -0.39 is 0 Å². The van der Waals surface area contributed by atoms with Crippen LogP contribution in [0.4, 0.5) is 0 Å². The van der Waals surface area contributed by atoms with Crippen molar-refractivity contribution >= 4 is 22.6 Å². The van der Waals surface area contributed by atoms with Gasteiger partial charge in [0, 0.05) is 18.3 Å². The van der Waals surface area contributed by atoms with Crippen LogP contribution in [0.15, 0.2) is 24.3 Å². The van der Waals surface area contributed by atoms with Crippen molar-refractivity contribution in [1.82, 2.24) is 9.55 Å². The normalized spacial score (nSPS) is 13.3. The van der Waals surface area contributed by atoms with Gasteiger partial charge >= 0.3 is 0 Å². The number of imidazole rings is 1. The summed E-state index contributed by atoms with van der Waals surface area (Å²) in [5.74, 6) is 1.74. The molecule has 2 nitrogen and oxygen atoms in total. The topological polar surface area (TPSA) is 17.8 Å². The molecule has 0 fully saturated rings. The average Bonchev–Trinajstić information content (AvgIpc) is 2.75. The lowest BCUT2D eigenvalue weighted by Gasteiger charge is -2.12. The average molecular weight is 279 g/mol. The van der Waals surface area contributed by atoms with Crippen LogP contribution in [0.3, 0.4) is 0 Å². The number of alkyl halides is 1. The molecule has 0 aliphatic carbocycles.